The van der Waals surface area contributed by atoms with Gasteiger partial charge in [-0.1, -0.05) is 0 Å². The summed E-state index contributed by atoms with van der Waals surface area (Å²) in [7, 11) is 6.32. The minimum Gasteiger partial charge on any atom is -0.480 e. The topological polar surface area (TPSA) is 461 Å². The number of ether oxygens (including phenoxy) is 27. The van der Waals surface area contributed by atoms with Gasteiger partial charge in [-0.2, -0.15) is 0 Å². The highest BCUT2D eigenvalue weighted by atomic mass is 16.6. The largest absolute Gasteiger partial charge is 0.480 e. The third-order valence-corrected chi connectivity index (χ3v) is 13.0. The summed E-state index contributed by atoms with van der Waals surface area (Å²) < 4.78 is 147. The quantitative estimate of drug-likeness (QED) is 0.0280. The van der Waals surface area contributed by atoms with Crippen molar-refractivity contribution in [3.63, 3.8) is 0 Å². The molecule has 0 bridgehead atoms. The lowest BCUT2D eigenvalue weighted by molar-refractivity contribution is -0.148. The van der Waals surface area contributed by atoms with Gasteiger partial charge < -0.3 is 165 Å². The Morgan fingerprint density at radius 1 is 0.204 bits per heavy atom. The molecular weight excluding hydrogens is 1450 g/mol. The molecule has 108 heavy (non-hydrogen) atoms. The van der Waals surface area contributed by atoms with E-state index in [9.17, 15) is 38.7 Å². The number of aliphatic carboxylic acids is 1. The van der Waals surface area contributed by atoms with Crippen molar-refractivity contribution in [2.45, 2.75) is 18.3 Å². The van der Waals surface area contributed by atoms with Crippen molar-refractivity contribution in [3.8, 4) is 0 Å². The van der Waals surface area contributed by atoms with E-state index in [0.29, 0.717) is 79.3 Å². The van der Waals surface area contributed by atoms with Crippen LogP contribution in [0.3, 0.4) is 0 Å². The lowest BCUT2D eigenvalue weighted by Crippen LogP contribution is -2.35. The fourth-order valence-corrected chi connectivity index (χ4v) is 7.61. The van der Waals surface area contributed by atoms with Crippen LogP contribution in [0.4, 0.5) is 0 Å². The molecule has 0 atom stereocenters. The van der Waals surface area contributed by atoms with E-state index in [1.54, 1.807) is 28.4 Å². The number of carbonyl (C=O) groups excluding carboxylic acids is 6. The summed E-state index contributed by atoms with van der Waals surface area (Å²) in [4.78, 5) is 84.8. The average Bonchev–Trinajstić information content (AvgIpc) is 1.02. The molecule has 0 aliphatic heterocycles. The standard InChI is InChI=1S/C67H128N6O35/c1-82-17-21-92-31-41-102-51-61(74)68-5-11-86-25-35-96-45-58(46-97-36-26-87-12-6-69-62(75)52-103-42-32-93-22-18-83-2)106-55-65(78)72-9-15-90-29-39-100-49-60(108-57-67(80)81)50-101-40-30-91-16-10-73-66(79)56-107-59(47-98-37-27-88-13-7-70-63(76)53-104-43-33-94-23-19-84-3)48-99-38-28-89-14-8-71-64(77)54-105-44-34-95-24-20-85-4/h58-60H,5-57H2,1-4H3,(H,68,74)(H,69,75)(H,70,76)(H,71,77)(H,72,78)(H,73,79)(H,80,81). The third-order valence-electron chi connectivity index (χ3n) is 13.0. The second kappa shape index (κ2) is 84.7. The summed E-state index contributed by atoms with van der Waals surface area (Å²) in [6.07, 6.45) is -2.02. The molecule has 0 aromatic heterocycles. The van der Waals surface area contributed by atoms with Gasteiger partial charge >= 0.3 is 5.97 Å². The highest BCUT2D eigenvalue weighted by Crippen LogP contribution is 2.01. The Labute approximate surface area is 634 Å². The van der Waals surface area contributed by atoms with Gasteiger partial charge in [0.2, 0.25) is 35.4 Å². The van der Waals surface area contributed by atoms with E-state index in [2.05, 4.69) is 31.9 Å². The van der Waals surface area contributed by atoms with Crippen LogP contribution < -0.4 is 31.9 Å². The molecule has 0 aromatic carbocycles. The summed E-state index contributed by atoms with van der Waals surface area (Å²) >= 11 is 0. The first-order chi connectivity index (χ1) is 52.9. The van der Waals surface area contributed by atoms with Crippen LogP contribution in [0.2, 0.25) is 0 Å². The van der Waals surface area contributed by atoms with E-state index >= 15 is 0 Å². The average molecular weight is 1580 g/mol. The second-order valence-corrected chi connectivity index (χ2v) is 22.0. The maximum absolute atomic E-state index is 12.7. The molecule has 0 aliphatic rings. The van der Waals surface area contributed by atoms with E-state index in [1.165, 1.54) is 0 Å². The zero-order valence-corrected chi connectivity index (χ0v) is 64.0. The highest BCUT2D eigenvalue weighted by molar-refractivity contribution is 5.79. The van der Waals surface area contributed by atoms with Crippen LogP contribution >= 0.6 is 0 Å². The number of hydrogen-bond donors (Lipinski definition) is 7. The minimum atomic E-state index is -1.18. The monoisotopic (exact) mass is 1580 g/mol. The van der Waals surface area contributed by atoms with Crippen LogP contribution in [0.1, 0.15) is 0 Å². The molecule has 0 unspecified atom stereocenters. The van der Waals surface area contributed by atoms with Crippen molar-refractivity contribution in [2.75, 3.05) is 378 Å². The summed E-state index contributed by atoms with van der Waals surface area (Å²) in [6.45, 7) is 9.62. The summed E-state index contributed by atoms with van der Waals surface area (Å²) in [5, 5.41) is 25.5. The van der Waals surface area contributed by atoms with Gasteiger partial charge in [-0.3, -0.25) is 28.8 Å². The van der Waals surface area contributed by atoms with Gasteiger partial charge in [0.05, 0.1) is 264 Å². The van der Waals surface area contributed by atoms with Crippen LogP contribution in [-0.4, -0.2) is 443 Å². The number of methoxy groups -OCH3 is 4. The lowest BCUT2D eigenvalue weighted by atomic mass is 10.4. The molecule has 41 nitrogen and oxygen atoms in total. The maximum Gasteiger partial charge on any atom is 0.329 e. The van der Waals surface area contributed by atoms with Crippen LogP contribution in [0.15, 0.2) is 0 Å². The van der Waals surface area contributed by atoms with Gasteiger partial charge in [0.1, 0.15) is 64.6 Å². The molecule has 41 heteroatoms. The molecule has 0 saturated heterocycles. The number of carbonyl (C=O) groups is 7. The van der Waals surface area contributed by atoms with Crippen LogP contribution in [0.5, 0.6) is 0 Å². The molecule has 636 valence electrons. The Kier molecular flexibility index (Phi) is 80.9. The Hall–Kier alpha value is -4.79. The first-order valence-electron chi connectivity index (χ1n) is 36.1. The predicted octanol–water partition coefficient (Wildman–Crippen LogP) is -5.16. The maximum atomic E-state index is 12.7. The van der Waals surface area contributed by atoms with Gasteiger partial charge in [0.25, 0.3) is 0 Å². The number of carboxylic acid groups (broad SMARTS) is 1. The number of hydrogen-bond acceptors (Lipinski definition) is 34. The first kappa shape index (κ1) is 103. The van der Waals surface area contributed by atoms with Crippen molar-refractivity contribution in [1.29, 1.82) is 0 Å². The molecule has 0 fully saturated rings. The Morgan fingerprint density at radius 3 is 0.556 bits per heavy atom. The molecule has 6 amide bonds. The Morgan fingerprint density at radius 2 is 0.361 bits per heavy atom. The molecule has 0 saturated carbocycles. The van der Waals surface area contributed by atoms with Crippen molar-refractivity contribution < 1.29 is 167 Å². The molecule has 7 N–H and O–H groups in total. The van der Waals surface area contributed by atoms with Gasteiger partial charge in [-0.15, -0.1) is 0 Å². The van der Waals surface area contributed by atoms with E-state index in [0.717, 1.165) is 0 Å². The number of carboxylic acids is 1. The first-order valence-corrected chi connectivity index (χ1v) is 36.1. The zero-order chi connectivity index (χ0) is 78.6. The van der Waals surface area contributed by atoms with Gasteiger partial charge in [0.15, 0.2) is 0 Å². The highest BCUT2D eigenvalue weighted by Gasteiger charge is 2.17. The van der Waals surface area contributed by atoms with Crippen molar-refractivity contribution in [1.82, 2.24) is 31.9 Å². The van der Waals surface area contributed by atoms with Gasteiger partial charge in [0, 0.05) is 67.7 Å². The minimum absolute atomic E-state index is 0.00871. The molecular formula is C67H128N6O35. The van der Waals surface area contributed by atoms with Crippen LogP contribution in [-0.2, 0) is 161 Å². The van der Waals surface area contributed by atoms with Gasteiger partial charge in [-0.25, -0.2) is 4.79 Å². The van der Waals surface area contributed by atoms with Crippen LogP contribution in [0.25, 0.3) is 0 Å². The fourth-order valence-electron chi connectivity index (χ4n) is 7.61. The normalized spacial score (nSPS) is 11.5. The van der Waals surface area contributed by atoms with Crippen molar-refractivity contribution in [2.24, 2.45) is 0 Å². The second-order valence-electron chi connectivity index (χ2n) is 22.0. The summed E-state index contributed by atoms with van der Waals surface area (Å²) in [5.74, 6) is -3.16. The molecule has 0 radical (unpaired) electrons. The number of rotatable bonds is 89. The van der Waals surface area contributed by atoms with E-state index in [1.807, 2.05) is 0 Å². The third kappa shape index (κ3) is 80.7. The van der Waals surface area contributed by atoms with Crippen LogP contribution in [0, 0.1) is 0 Å². The zero-order valence-electron chi connectivity index (χ0n) is 64.0. The molecule has 0 aromatic rings. The Bertz CT molecular complexity index is 1820. The molecule has 0 rings (SSSR count). The number of nitrogens with one attached hydrogen (secondary N) is 6. The predicted molar refractivity (Wildman–Crippen MR) is 379 cm³/mol. The summed E-state index contributed by atoms with van der Waals surface area (Å²) in [5.41, 5.74) is 0. The smallest absolute Gasteiger partial charge is 0.329 e. The fraction of sp³-hybridized carbons (Fsp3) is 0.896. The lowest BCUT2D eigenvalue weighted by Gasteiger charge is -2.18. The number of amides is 6. The van der Waals surface area contributed by atoms with Crippen molar-refractivity contribution in [3.05, 3.63) is 0 Å². The van der Waals surface area contributed by atoms with E-state index in [4.69, 9.17) is 128 Å². The van der Waals surface area contributed by atoms with E-state index < -0.39 is 42.7 Å². The van der Waals surface area contributed by atoms with E-state index in [-0.39, 0.29) is 288 Å². The molecule has 0 heterocycles. The SMILES string of the molecule is COCCOCCOCC(=O)NCCOCCOCC(COCCOCCNC(=O)COCCOCCOC)OCC(=O)NCCOCCOCC(COCCOCCNC(=O)COC(COCCOCCNC(=O)COCCOCCOC)COCCOCCNC(=O)COCCOCCOC)OCC(=O)O. The Balaban J connectivity index is 4.74. The van der Waals surface area contributed by atoms with Gasteiger partial charge in [-0.05, 0) is 0 Å². The molecule has 0 spiro atoms. The molecule has 0 aliphatic carbocycles. The summed E-state index contributed by atoms with van der Waals surface area (Å²) in [6, 6.07) is 0. The van der Waals surface area contributed by atoms with Crippen molar-refractivity contribution >= 4 is 41.4 Å².